The summed E-state index contributed by atoms with van der Waals surface area (Å²) in [6.45, 7) is 2.71. The van der Waals surface area contributed by atoms with Crippen LogP contribution >= 0.6 is 35.3 Å². The molecule has 2 aromatic heterocycles. The molecule has 1 fully saturated rings. The van der Waals surface area contributed by atoms with Crippen LogP contribution < -0.4 is 10.6 Å². The van der Waals surface area contributed by atoms with E-state index in [9.17, 15) is 9.59 Å². The molecule has 2 amide bonds. The third-order valence-corrected chi connectivity index (χ3v) is 8.18. The molecule has 0 bridgehead atoms. The summed E-state index contributed by atoms with van der Waals surface area (Å²) in [4.78, 5) is 37.3. The van der Waals surface area contributed by atoms with E-state index in [4.69, 9.17) is 16.7 Å². The normalized spacial score (nSPS) is 19.9. The fourth-order valence-electron chi connectivity index (χ4n) is 5.01. The van der Waals surface area contributed by atoms with Crippen molar-refractivity contribution < 1.29 is 14.7 Å². The summed E-state index contributed by atoms with van der Waals surface area (Å²) in [5.74, 6) is -0.353. The Morgan fingerprint density at radius 2 is 1.92 bits per heavy atom. The van der Waals surface area contributed by atoms with Crippen molar-refractivity contribution in [3.8, 4) is 0 Å². The number of thiazole rings is 1. The second-order valence-electron chi connectivity index (χ2n) is 9.35. The summed E-state index contributed by atoms with van der Waals surface area (Å²) in [6, 6.07) is 7.00. The van der Waals surface area contributed by atoms with Crippen LogP contribution in [0.2, 0.25) is 5.02 Å². The van der Waals surface area contributed by atoms with Crippen LogP contribution in [-0.2, 0) is 13.0 Å². The molecule has 36 heavy (non-hydrogen) atoms. The number of rotatable bonds is 7. The van der Waals surface area contributed by atoms with E-state index in [1.807, 2.05) is 12.1 Å². The molecule has 2 atom stereocenters. The monoisotopic (exact) mass is 551 g/mol. The van der Waals surface area contributed by atoms with Gasteiger partial charge in [0.25, 0.3) is 11.8 Å². The van der Waals surface area contributed by atoms with E-state index in [1.165, 1.54) is 11.3 Å². The van der Waals surface area contributed by atoms with Crippen molar-refractivity contribution in [2.75, 3.05) is 19.7 Å². The Labute approximate surface area is 225 Å². The van der Waals surface area contributed by atoms with Gasteiger partial charge in [0.2, 0.25) is 0 Å². The van der Waals surface area contributed by atoms with E-state index in [2.05, 4.69) is 25.5 Å². The van der Waals surface area contributed by atoms with Crippen molar-refractivity contribution in [2.45, 2.75) is 57.2 Å². The molecule has 5 rings (SSSR count). The third kappa shape index (κ3) is 6.03. The fraction of sp³-hybridized carbons (Fsp3) is 0.480. The van der Waals surface area contributed by atoms with Crippen LogP contribution in [0.5, 0.6) is 0 Å². The van der Waals surface area contributed by atoms with Gasteiger partial charge in [-0.05, 0) is 43.5 Å². The summed E-state index contributed by atoms with van der Waals surface area (Å²) in [5.41, 5.74) is 2.35. The van der Waals surface area contributed by atoms with E-state index in [-0.39, 0.29) is 42.9 Å². The van der Waals surface area contributed by atoms with Crippen LogP contribution in [0.15, 0.2) is 24.3 Å². The number of carbonyl (C=O) groups is 2. The Bertz CT molecular complexity index is 1230. The number of hydrogen-bond acceptors (Lipinski definition) is 6. The molecule has 0 saturated heterocycles. The summed E-state index contributed by atoms with van der Waals surface area (Å²) < 4.78 is 0. The first-order chi connectivity index (χ1) is 17.0. The molecule has 1 saturated carbocycles. The Morgan fingerprint density at radius 1 is 1.17 bits per heavy atom. The van der Waals surface area contributed by atoms with Gasteiger partial charge in [-0.3, -0.25) is 14.5 Å². The van der Waals surface area contributed by atoms with Gasteiger partial charge in [-0.1, -0.05) is 24.4 Å². The highest BCUT2D eigenvalue weighted by Gasteiger charge is 2.30. The zero-order valence-electron chi connectivity index (χ0n) is 19.9. The van der Waals surface area contributed by atoms with Crippen molar-refractivity contribution >= 4 is 58.1 Å². The minimum Gasteiger partial charge on any atom is -0.396 e. The van der Waals surface area contributed by atoms with E-state index < -0.39 is 0 Å². The van der Waals surface area contributed by atoms with E-state index >= 15 is 0 Å². The number of nitrogens with one attached hydrogen (secondary N) is 3. The lowest BCUT2D eigenvalue weighted by atomic mass is 9.90. The zero-order chi connectivity index (χ0) is 24.4. The molecule has 0 spiro atoms. The number of aliphatic hydroxyl groups excluding tert-OH is 1. The summed E-state index contributed by atoms with van der Waals surface area (Å²) in [5, 5.41) is 17.4. The SMILES string of the molecule is Cl.O=C(N[C@@H]1CCCC[C@@H]1NC(=O)c1nc2c(s1)CN(CCCO)CC2)c1cc2cc(Cl)ccc2[nH]1. The number of aromatic amines is 1. The minimum atomic E-state index is -0.184. The molecule has 194 valence electrons. The molecule has 4 N–H and O–H groups in total. The van der Waals surface area contributed by atoms with Gasteiger partial charge in [0.1, 0.15) is 5.69 Å². The van der Waals surface area contributed by atoms with Gasteiger partial charge in [0, 0.05) is 65.5 Å². The molecular formula is C25H31Cl2N5O3S. The second-order valence-corrected chi connectivity index (χ2v) is 10.9. The quantitative estimate of drug-likeness (QED) is 0.355. The third-order valence-electron chi connectivity index (χ3n) is 6.86. The Hall–Kier alpha value is -2.17. The predicted molar refractivity (Wildman–Crippen MR) is 144 cm³/mol. The number of aliphatic hydroxyl groups is 1. The molecular weight excluding hydrogens is 521 g/mol. The van der Waals surface area contributed by atoms with Crippen molar-refractivity contribution in [3.63, 3.8) is 0 Å². The van der Waals surface area contributed by atoms with Crippen molar-refractivity contribution in [3.05, 3.63) is 50.6 Å². The van der Waals surface area contributed by atoms with E-state index in [0.717, 1.165) is 79.6 Å². The fourth-order valence-corrected chi connectivity index (χ4v) is 6.24. The molecule has 1 aromatic carbocycles. The molecule has 1 aliphatic carbocycles. The highest BCUT2D eigenvalue weighted by molar-refractivity contribution is 7.13. The maximum Gasteiger partial charge on any atom is 0.280 e. The van der Waals surface area contributed by atoms with Crippen LogP contribution in [0, 0.1) is 0 Å². The predicted octanol–water partition coefficient (Wildman–Crippen LogP) is 3.91. The number of carbonyl (C=O) groups excluding carboxylic acids is 2. The molecule has 2 aliphatic rings. The first-order valence-corrected chi connectivity index (χ1v) is 13.4. The van der Waals surface area contributed by atoms with Crippen LogP contribution in [0.25, 0.3) is 10.9 Å². The van der Waals surface area contributed by atoms with Crippen LogP contribution in [0.3, 0.4) is 0 Å². The largest absolute Gasteiger partial charge is 0.396 e. The maximum absolute atomic E-state index is 13.1. The molecule has 8 nitrogen and oxygen atoms in total. The maximum atomic E-state index is 13.1. The van der Waals surface area contributed by atoms with Gasteiger partial charge in [-0.15, -0.1) is 23.7 Å². The summed E-state index contributed by atoms with van der Waals surface area (Å²) in [7, 11) is 0. The molecule has 0 radical (unpaired) electrons. The lowest BCUT2D eigenvalue weighted by Gasteiger charge is -2.32. The lowest BCUT2D eigenvalue weighted by Crippen LogP contribution is -2.53. The Kier molecular flexibility index (Phi) is 8.90. The van der Waals surface area contributed by atoms with Crippen LogP contribution in [-0.4, -0.2) is 63.6 Å². The molecule has 1 aliphatic heterocycles. The van der Waals surface area contributed by atoms with E-state index in [0.29, 0.717) is 15.7 Å². The number of amides is 2. The lowest BCUT2D eigenvalue weighted by molar-refractivity contribution is 0.0860. The molecule has 0 unspecified atom stereocenters. The van der Waals surface area contributed by atoms with Crippen molar-refractivity contribution in [1.82, 2.24) is 25.5 Å². The highest BCUT2D eigenvalue weighted by atomic mass is 35.5. The van der Waals surface area contributed by atoms with Gasteiger partial charge >= 0.3 is 0 Å². The number of nitrogens with zero attached hydrogens (tertiary/aromatic N) is 2. The highest BCUT2D eigenvalue weighted by Crippen LogP contribution is 2.26. The molecule has 3 aromatic rings. The number of fused-ring (bicyclic) bond motifs is 2. The summed E-state index contributed by atoms with van der Waals surface area (Å²) >= 11 is 7.53. The van der Waals surface area contributed by atoms with Crippen LogP contribution in [0.1, 0.15) is 63.0 Å². The van der Waals surface area contributed by atoms with Gasteiger partial charge in [-0.2, -0.15) is 0 Å². The standard InChI is InChI=1S/C25H30ClN5O3S.ClH/c26-16-6-7-17-15(12-16)13-21(27-17)23(33)28-18-4-1-2-5-19(18)29-24(34)25-30-20-8-10-31(9-3-11-32)14-22(20)35-25;/h6-7,12-13,18-19,27,32H,1-5,8-11,14H2,(H,28,33)(H,29,34);1H/t18-,19+;/m1./s1. The average molecular weight is 553 g/mol. The van der Waals surface area contributed by atoms with Crippen LogP contribution in [0.4, 0.5) is 0 Å². The first-order valence-electron chi connectivity index (χ1n) is 12.2. The zero-order valence-corrected chi connectivity index (χ0v) is 22.3. The Morgan fingerprint density at radius 3 is 2.67 bits per heavy atom. The minimum absolute atomic E-state index is 0. The van der Waals surface area contributed by atoms with Gasteiger partial charge in [0.05, 0.1) is 5.69 Å². The van der Waals surface area contributed by atoms with Gasteiger partial charge in [-0.25, -0.2) is 4.98 Å². The van der Waals surface area contributed by atoms with Crippen molar-refractivity contribution in [1.29, 1.82) is 0 Å². The van der Waals surface area contributed by atoms with Gasteiger partial charge in [0.15, 0.2) is 5.01 Å². The molecule has 11 heteroatoms. The molecule has 3 heterocycles. The first kappa shape index (κ1) is 26.9. The number of benzene rings is 1. The van der Waals surface area contributed by atoms with E-state index in [1.54, 1.807) is 12.1 Å². The number of aromatic nitrogens is 2. The number of hydrogen-bond donors (Lipinski definition) is 4. The smallest absolute Gasteiger partial charge is 0.280 e. The number of halogens is 2. The topological polar surface area (TPSA) is 110 Å². The number of H-pyrrole nitrogens is 1. The van der Waals surface area contributed by atoms with Crippen molar-refractivity contribution in [2.24, 2.45) is 0 Å². The summed E-state index contributed by atoms with van der Waals surface area (Å²) in [6.07, 6.45) is 5.23. The average Bonchev–Trinajstić information content (AvgIpc) is 3.47. The second kappa shape index (κ2) is 11.9. The van der Waals surface area contributed by atoms with Gasteiger partial charge < -0.3 is 20.7 Å². The Balaban J connectivity index is 0.00000304.